The van der Waals surface area contributed by atoms with Gasteiger partial charge < -0.3 is 9.72 Å². The Morgan fingerprint density at radius 3 is 2.31 bits per heavy atom. The Labute approximate surface area is 159 Å². The highest BCUT2D eigenvalue weighted by atomic mass is 32.2. The molecule has 0 aliphatic heterocycles. The maximum absolute atomic E-state index is 12.8. The van der Waals surface area contributed by atoms with Crippen molar-refractivity contribution in [1.82, 2.24) is 9.88 Å². The van der Waals surface area contributed by atoms with Gasteiger partial charge in [-0.15, -0.1) is 11.8 Å². The van der Waals surface area contributed by atoms with E-state index >= 15 is 0 Å². The van der Waals surface area contributed by atoms with Crippen LogP contribution in [0.5, 0.6) is 0 Å². The van der Waals surface area contributed by atoms with E-state index in [-0.39, 0.29) is 18.9 Å². The van der Waals surface area contributed by atoms with E-state index in [0.29, 0.717) is 29.1 Å². The number of esters is 1. The van der Waals surface area contributed by atoms with E-state index in [2.05, 4.69) is 29.2 Å². The smallest absolute Gasteiger partial charge is 0.340 e. The number of hydrogen-bond donors (Lipinski definition) is 1. The molecule has 0 radical (unpaired) electrons. The van der Waals surface area contributed by atoms with Gasteiger partial charge in [-0.1, -0.05) is 12.1 Å². The lowest BCUT2D eigenvalue weighted by atomic mass is 10.0. The van der Waals surface area contributed by atoms with Gasteiger partial charge in [0.1, 0.15) is 0 Å². The molecule has 0 aliphatic rings. The van der Waals surface area contributed by atoms with E-state index in [1.165, 1.54) is 4.90 Å². The third-order valence-electron chi connectivity index (χ3n) is 4.16. The number of nitrogens with one attached hydrogen (secondary N) is 1. The van der Waals surface area contributed by atoms with Crippen LogP contribution in [0.15, 0.2) is 29.2 Å². The summed E-state index contributed by atoms with van der Waals surface area (Å²) in [5.74, 6) is -0.536. The van der Waals surface area contributed by atoms with E-state index < -0.39 is 5.97 Å². The van der Waals surface area contributed by atoms with Gasteiger partial charge in [0.25, 0.3) is 0 Å². The molecule has 6 heteroatoms. The number of carbonyl (C=O) groups excluding carboxylic acids is 2. The van der Waals surface area contributed by atoms with E-state index in [1.54, 1.807) is 25.6 Å². The molecule has 5 nitrogen and oxygen atoms in total. The van der Waals surface area contributed by atoms with Gasteiger partial charge in [-0.05, 0) is 51.8 Å². The van der Waals surface area contributed by atoms with Crippen molar-refractivity contribution < 1.29 is 14.3 Å². The first-order chi connectivity index (χ1) is 12.4. The molecule has 1 aromatic carbocycles. The van der Waals surface area contributed by atoms with Crippen molar-refractivity contribution in [3.63, 3.8) is 0 Å². The fourth-order valence-electron chi connectivity index (χ4n) is 3.01. The minimum absolute atomic E-state index is 0.0851. The van der Waals surface area contributed by atoms with Crippen molar-refractivity contribution in [2.45, 2.75) is 32.2 Å². The van der Waals surface area contributed by atoms with Crippen LogP contribution in [-0.2, 0) is 11.3 Å². The number of Topliss-reactive ketones (excluding diaryl/α,β-unsaturated/α-hetero) is 1. The zero-order valence-electron chi connectivity index (χ0n) is 16.0. The molecule has 26 heavy (non-hydrogen) atoms. The van der Waals surface area contributed by atoms with Crippen LogP contribution in [0.25, 0.3) is 0 Å². The van der Waals surface area contributed by atoms with E-state index in [0.717, 1.165) is 5.56 Å². The highest BCUT2D eigenvalue weighted by molar-refractivity contribution is 7.98. The largest absolute Gasteiger partial charge is 0.462 e. The van der Waals surface area contributed by atoms with Crippen LogP contribution >= 0.6 is 11.8 Å². The minimum Gasteiger partial charge on any atom is -0.462 e. The molecule has 0 atom stereocenters. The first kappa shape index (κ1) is 20.3. The monoisotopic (exact) mass is 374 g/mol. The van der Waals surface area contributed by atoms with Gasteiger partial charge in [0.2, 0.25) is 0 Å². The maximum atomic E-state index is 12.8. The molecule has 0 amide bonds. The fourth-order valence-corrected chi connectivity index (χ4v) is 3.42. The van der Waals surface area contributed by atoms with Crippen molar-refractivity contribution in [1.29, 1.82) is 0 Å². The molecule has 0 unspecified atom stereocenters. The van der Waals surface area contributed by atoms with Crippen molar-refractivity contribution in [3.8, 4) is 0 Å². The van der Waals surface area contributed by atoms with Crippen LogP contribution in [0.4, 0.5) is 0 Å². The number of aromatic amines is 1. The van der Waals surface area contributed by atoms with E-state index in [4.69, 9.17) is 4.74 Å². The average Bonchev–Trinajstić information content (AvgIpc) is 2.89. The summed E-state index contributed by atoms with van der Waals surface area (Å²) in [6.45, 7) is 6.52. The van der Waals surface area contributed by atoms with Crippen LogP contribution in [0, 0.1) is 13.8 Å². The SMILES string of the molecule is CCOC(=O)c1c(C)[nH]c(C)c1C(=O)CN(C)Cc1ccc(SC)cc1. The normalized spacial score (nSPS) is 11.0. The van der Waals surface area contributed by atoms with Crippen LogP contribution < -0.4 is 0 Å². The number of ketones is 1. The van der Waals surface area contributed by atoms with E-state index in [9.17, 15) is 9.59 Å². The Kier molecular flexibility index (Phi) is 7.06. The van der Waals surface area contributed by atoms with Crippen LogP contribution in [-0.4, -0.2) is 48.1 Å². The number of rotatable bonds is 8. The number of aryl methyl sites for hydroxylation is 2. The molecule has 0 bridgehead atoms. The highest BCUT2D eigenvalue weighted by Gasteiger charge is 2.25. The number of thioether (sulfide) groups is 1. The van der Waals surface area contributed by atoms with Crippen molar-refractivity contribution in [2.75, 3.05) is 26.5 Å². The molecular formula is C20H26N2O3S. The first-order valence-electron chi connectivity index (χ1n) is 8.58. The van der Waals surface area contributed by atoms with Crippen LogP contribution in [0.2, 0.25) is 0 Å². The molecule has 1 aromatic heterocycles. The third-order valence-corrected chi connectivity index (χ3v) is 4.90. The summed E-state index contributed by atoms with van der Waals surface area (Å²) in [6.07, 6.45) is 2.04. The Morgan fingerprint density at radius 2 is 1.73 bits per heavy atom. The molecule has 0 spiro atoms. The number of hydrogen-bond acceptors (Lipinski definition) is 5. The number of carbonyl (C=O) groups is 2. The van der Waals surface area contributed by atoms with Gasteiger partial charge in [0, 0.05) is 22.8 Å². The Hall–Kier alpha value is -2.05. The van der Waals surface area contributed by atoms with Gasteiger partial charge in [0.15, 0.2) is 5.78 Å². The predicted octanol–water partition coefficient (Wildman–Crippen LogP) is 3.84. The first-order valence-corrected chi connectivity index (χ1v) is 9.80. The average molecular weight is 375 g/mol. The lowest BCUT2D eigenvalue weighted by Crippen LogP contribution is -2.27. The predicted molar refractivity (Wildman–Crippen MR) is 105 cm³/mol. The zero-order chi connectivity index (χ0) is 19.3. The zero-order valence-corrected chi connectivity index (χ0v) is 16.8. The second-order valence-corrected chi connectivity index (χ2v) is 7.17. The highest BCUT2D eigenvalue weighted by Crippen LogP contribution is 2.21. The second kappa shape index (κ2) is 9.05. The maximum Gasteiger partial charge on any atom is 0.340 e. The lowest BCUT2D eigenvalue weighted by molar-refractivity contribution is 0.0522. The van der Waals surface area contributed by atoms with Crippen LogP contribution in [0.3, 0.4) is 0 Å². The van der Waals surface area contributed by atoms with Crippen molar-refractivity contribution in [2.24, 2.45) is 0 Å². The molecule has 1 heterocycles. The summed E-state index contributed by atoms with van der Waals surface area (Å²) in [4.78, 5) is 31.3. The molecule has 2 rings (SSSR count). The fraction of sp³-hybridized carbons (Fsp3) is 0.400. The third kappa shape index (κ3) is 4.77. The summed E-state index contributed by atoms with van der Waals surface area (Å²) in [5, 5.41) is 0. The van der Waals surface area contributed by atoms with Gasteiger partial charge in [-0.25, -0.2) is 4.79 Å². The van der Waals surface area contributed by atoms with Gasteiger partial charge in [-0.2, -0.15) is 0 Å². The standard InChI is InChI=1S/C20H26N2O3S/c1-6-25-20(24)19-14(3)21-13(2)18(19)17(23)12-22(4)11-15-7-9-16(26-5)10-8-15/h7-10,21H,6,11-12H2,1-5H3. The summed E-state index contributed by atoms with van der Waals surface area (Å²) >= 11 is 1.70. The molecule has 0 saturated carbocycles. The summed E-state index contributed by atoms with van der Waals surface area (Å²) in [5.41, 5.74) is 3.30. The van der Waals surface area contributed by atoms with Crippen molar-refractivity contribution in [3.05, 3.63) is 52.3 Å². The van der Waals surface area contributed by atoms with E-state index in [1.807, 2.05) is 25.1 Å². The summed E-state index contributed by atoms with van der Waals surface area (Å²) < 4.78 is 5.11. The Bertz CT molecular complexity index is 781. The molecule has 0 saturated heterocycles. The van der Waals surface area contributed by atoms with Crippen molar-refractivity contribution >= 4 is 23.5 Å². The number of ether oxygens (including phenoxy) is 1. The number of aromatic nitrogens is 1. The second-order valence-electron chi connectivity index (χ2n) is 6.29. The van der Waals surface area contributed by atoms with Gasteiger partial charge in [0.05, 0.1) is 24.3 Å². The molecule has 140 valence electrons. The summed E-state index contributed by atoms with van der Waals surface area (Å²) in [7, 11) is 1.90. The summed E-state index contributed by atoms with van der Waals surface area (Å²) in [6, 6.07) is 8.30. The molecule has 2 aromatic rings. The number of nitrogens with zero attached hydrogens (tertiary/aromatic N) is 1. The number of benzene rings is 1. The lowest BCUT2D eigenvalue weighted by Gasteiger charge is -2.16. The topological polar surface area (TPSA) is 62.4 Å². The molecule has 0 fully saturated rings. The quantitative estimate of drug-likeness (QED) is 0.432. The number of H-pyrrole nitrogens is 1. The van der Waals surface area contributed by atoms with Crippen LogP contribution in [0.1, 0.15) is 44.6 Å². The van der Waals surface area contributed by atoms with Gasteiger partial charge in [-0.3, -0.25) is 9.69 Å². The Morgan fingerprint density at radius 1 is 1.12 bits per heavy atom. The Balaban J connectivity index is 2.12. The van der Waals surface area contributed by atoms with Gasteiger partial charge >= 0.3 is 5.97 Å². The minimum atomic E-state index is -0.451. The molecular weight excluding hydrogens is 348 g/mol. The number of likely N-dealkylation sites (N-methyl/N-ethyl adjacent to an activating group) is 1. The molecule has 1 N–H and O–H groups in total. The molecule has 0 aliphatic carbocycles.